The quantitative estimate of drug-likeness (QED) is 0.552. The third-order valence-electron chi connectivity index (χ3n) is 3.44. The maximum Gasteiger partial charge on any atom is 0.141 e. The van der Waals surface area contributed by atoms with Crippen LogP contribution in [0.4, 0.5) is 5.69 Å². The normalized spacial score (nSPS) is 20.5. The van der Waals surface area contributed by atoms with E-state index in [1.807, 2.05) is 6.07 Å². The third-order valence-corrected chi connectivity index (χ3v) is 3.44. The van der Waals surface area contributed by atoms with Crippen molar-refractivity contribution in [3.63, 3.8) is 0 Å². The van der Waals surface area contributed by atoms with Crippen molar-refractivity contribution in [2.24, 2.45) is 5.73 Å². The van der Waals surface area contributed by atoms with Gasteiger partial charge >= 0.3 is 0 Å². The Morgan fingerprint density at radius 3 is 2.89 bits per heavy atom. The predicted molar refractivity (Wildman–Crippen MR) is 71.9 cm³/mol. The second-order valence-electron chi connectivity index (χ2n) is 4.69. The Morgan fingerprint density at radius 2 is 2.28 bits per heavy atom. The molecule has 5 heteroatoms. The van der Waals surface area contributed by atoms with Crippen LogP contribution in [0.3, 0.4) is 0 Å². The van der Waals surface area contributed by atoms with Crippen molar-refractivity contribution < 1.29 is 5.11 Å². The van der Waals surface area contributed by atoms with E-state index < -0.39 is 0 Å². The predicted octanol–water partition coefficient (Wildman–Crippen LogP) is 1.11. The number of hydrogen-bond acceptors (Lipinski definition) is 4. The minimum Gasteiger partial charge on any atom is -0.394 e. The molecule has 5 nitrogen and oxygen atoms in total. The molecule has 1 fully saturated rings. The van der Waals surface area contributed by atoms with Crippen LogP contribution >= 0.6 is 0 Å². The van der Waals surface area contributed by atoms with Crippen molar-refractivity contribution in [3.05, 3.63) is 24.0 Å². The van der Waals surface area contributed by atoms with Gasteiger partial charge in [-0.2, -0.15) is 0 Å². The van der Waals surface area contributed by atoms with Gasteiger partial charge < -0.3 is 15.7 Å². The summed E-state index contributed by atoms with van der Waals surface area (Å²) < 4.78 is 0. The number of nitrogens with two attached hydrogens (primary N) is 1. The molecule has 2 heterocycles. The standard InChI is InChI=1S/C13H20N4O/c14-13(15)12-6-5-10(8-16-12)17-7-3-1-2-4-11(17)9-18/h5-6,8,11,18H,1-4,7,9H2,(H3,14,15). The molecule has 1 aromatic rings. The van der Waals surface area contributed by atoms with Gasteiger partial charge in [-0.15, -0.1) is 0 Å². The van der Waals surface area contributed by atoms with E-state index in [1.54, 1.807) is 12.3 Å². The molecule has 98 valence electrons. The lowest BCUT2D eigenvalue weighted by atomic mass is 10.1. The van der Waals surface area contributed by atoms with E-state index in [0.29, 0.717) is 5.69 Å². The van der Waals surface area contributed by atoms with Crippen molar-refractivity contribution in [1.82, 2.24) is 4.98 Å². The van der Waals surface area contributed by atoms with Gasteiger partial charge in [-0.1, -0.05) is 12.8 Å². The first-order valence-corrected chi connectivity index (χ1v) is 6.40. The Labute approximate surface area is 107 Å². The second-order valence-corrected chi connectivity index (χ2v) is 4.69. The molecule has 0 spiro atoms. The van der Waals surface area contributed by atoms with E-state index in [0.717, 1.165) is 25.1 Å². The first-order chi connectivity index (χ1) is 8.72. The van der Waals surface area contributed by atoms with Gasteiger partial charge in [0.25, 0.3) is 0 Å². The zero-order valence-corrected chi connectivity index (χ0v) is 10.5. The summed E-state index contributed by atoms with van der Waals surface area (Å²) in [5.41, 5.74) is 6.88. The third kappa shape index (κ3) is 2.79. The molecule has 18 heavy (non-hydrogen) atoms. The monoisotopic (exact) mass is 248 g/mol. The molecule has 2 rings (SSSR count). The van der Waals surface area contributed by atoms with Crippen LogP contribution in [0, 0.1) is 5.41 Å². The van der Waals surface area contributed by atoms with Crippen molar-refractivity contribution in [1.29, 1.82) is 5.41 Å². The van der Waals surface area contributed by atoms with Crippen LogP contribution in [0.5, 0.6) is 0 Å². The number of aliphatic hydroxyl groups excluding tert-OH is 1. The average Bonchev–Trinajstić information content (AvgIpc) is 2.63. The molecule has 0 saturated carbocycles. The molecular weight excluding hydrogens is 228 g/mol. The van der Waals surface area contributed by atoms with Gasteiger partial charge in [0.15, 0.2) is 0 Å². The highest BCUT2D eigenvalue weighted by Gasteiger charge is 2.20. The summed E-state index contributed by atoms with van der Waals surface area (Å²) in [7, 11) is 0. The average molecular weight is 248 g/mol. The van der Waals surface area contributed by atoms with Gasteiger partial charge in [-0.25, -0.2) is 0 Å². The summed E-state index contributed by atoms with van der Waals surface area (Å²) in [5.74, 6) is -0.0175. The van der Waals surface area contributed by atoms with E-state index in [-0.39, 0.29) is 18.5 Å². The van der Waals surface area contributed by atoms with Crippen LogP contribution in [-0.2, 0) is 0 Å². The van der Waals surface area contributed by atoms with Crippen molar-refractivity contribution in [3.8, 4) is 0 Å². The zero-order valence-electron chi connectivity index (χ0n) is 10.5. The number of aromatic nitrogens is 1. The number of aliphatic hydroxyl groups is 1. The first kappa shape index (κ1) is 12.8. The summed E-state index contributed by atoms with van der Waals surface area (Å²) in [6.07, 6.45) is 6.28. The van der Waals surface area contributed by atoms with Crippen LogP contribution in [0.2, 0.25) is 0 Å². The van der Waals surface area contributed by atoms with Crippen LogP contribution in [-0.4, -0.2) is 35.1 Å². The number of pyridine rings is 1. The summed E-state index contributed by atoms with van der Waals surface area (Å²) in [6.45, 7) is 1.13. The Morgan fingerprint density at radius 1 is 1.44 bits per heavy atom. The Balaban J connectivity index is 2.19. The Kier molecular flexibility index (Phi) is 4.15. The topological polar surface area (TPSA) is 86.2 Å². The molecule has 0 aliphatic carbocycles. The number of anilines is 1. The number of nitrogens with one attached hydrogen (secondary N) is 1. The van der Waals surface area contributed by atoms with E-state index in [4.69, 9.17) is 11.1 Å². The molecule has 4 N–H and O–H groups in total. The molecule has 0 amide bonds. The number of hydrogen-bond donors (Lipinski definition) is 3. The molecular formula is C13H20N4O. The van der Waals surface area contributed by atoms with Crippen LogP contribution < -0.4 is 10.6 Å². The molecule has 1 aromatic heterocycles. The van der Waals surface area contributed by atoms with Crippen LogP contribution in [0.1, 0.15) is 31.4 Å². The summed E-state index contributed by atoms with van der Waals surface area (Å²) >= 11 is 0. The highest BCUT2D eigenvalue weighted by molar-refractivity contribution is 5.93. The number of nitrogens with zero attached hydrogens (tertiary/aromatic N) is 2. The molecule has 1 atom stereocenters. The highest BCUT2D eigenvalue weighted by atomic mass is 16.3. The van der Waals surface area contributed by atoms with Crippen LogP contribution in [0.15, 0.2) is 18.3 Å². The van der Waals surface area contributed by atoms with Gasteiger partial charge in [0.2, 0.25) is 0 Å². The molecule has 0 aromatic carbocycles. The van der Waals surface area contributed by atoms with E-state index in [9.17, 15) is 5.11 Å². The second kappa shape index (κ2) is 5.82. The van der Waals surface area contributed by atoms with E-state index in [1.165, 1.54) is 12.8 Å². The minimum absolute atomic E-state index is 0.0175. The Bertz CT molecular complexity index is 404. The largest absolute Gasteiger partial charge is 0.394 e. The van der Waals surface area contributed by atoms with Gasteiger partial charge in [0.05, 0.1) is 24.5 Å². The number of amidine groups is 1. The fourth-order valence-corrected chi connectivity index (χ4v) is 2.42. The molecule has 1 aliphatic heterocycles. The molecule has 1 aliphatic rings. The van der Waals surface area contributed by atoms with Gasteiger partial charge in [-0.3, -0.25) is 10.4 Å². The fourth-order valence-electron chi connectivity index (χ4n) is 2.42. The maximum absolute atomic E-state index is 9.47. The first-order valence-electron chi connectivity index (χ1n) is 6.40. The lowest BCUT2D eigenvalue weighted by Crippen LogP contribution is -2.37. The molecule has 1 unspecified atom stereocenters. The summed E-state index contributed by atoms with van der Waals surface area (Å²) in [5, 5.41) is 16.8. The van der Waals surface area contributed by atoms with E-state index >= 15 is 0 Å². The smallest absolute Gasteiger partial charge is 0.141 e. The zero-order chi connectivity index (χ0) is 13.0. The van der Waals surface area contributed by atoms with Crippen LogP contribution in [0.25, 0.3) is 0 Å². The lowest BCUT2D eigenvalue weighted by molar-refractivity contribution is 0.255. The fraction of sp³-hybridized carbons (Fsp3) is 0.538. The lowest BCUT2D eigenvalue weighted by Gasteiger charge is -2.30. The van der Waals surface area contributed by atoms with E-state index in [2.05, 4.69) is 9.88 Å². The summed E-state index contributed by atoms with van der Waals surface area (Å²) in [4.78, 5) is 6.39. The van der Waals surface area contributed by atoms with Crippen molar-refractivity contribution >= 4 is 11.5 Å². The summed E-state index contributed by atoms with van der Waals surface area (Å²) in [6, 6.07) is 3.87. The number of nitrogen functional groups attached to an aromatic ring is 1. The van der Waals surface area contributed by atoms with Gasteiger partial charge in [0.1, 0.15) is 11.5 Å². The molecule has 0 radical (unpaired) electrons. The molecule has 0 bridgehead atoms. The van der Waals surface area contributed by atoms with Crippen molar-refractivity contribution in [2.75, 3.05) is 18.1 Å². The highest BCUT2D eigenvalue weighted by Crippen LogP contribution is 2.23. The Hall–Kier alpha value is -1.62. The number of rotatable bonds is 3. The van der Waals surface area contributed by atoms with Gasteiger partial charge in [0, 0.05) is 6.54 Å². The maximum atomic E-state index is 9.47. The minimum atomic E-state index is -0.0175. The SMILES string of the molecule is N=C(N)c1ccc(N2CCCCCC2CO)cn1. The van der Waals surface area contributed by atoms with Crippen molar-refractivity contribution in [2.45, 2.75) is 31.7 Å². The van der Waals surface area contributed by atoms with Gasteiger partial charge in [-0.05, 0) is 25.0 Å². The molecule has 1 saturated heterocycles.